The van der Waals surface area contributed by atoms with Gasteiger partial charge in [0.1, 0.15) is 17.9 Å². The first-order valence-electron chi connectivity index (χ1n) is 7.24. The zero-order valence-corrected chi connectivity index (χ0v) is 14.8. The number of ether oxygens (including phenoxy) is 2. The average Bonchev–Trinajstić information content (AvgIpc) is 2.53. The molecule has 1 heterocycles. The van der Waals surface area contributed by atoms with E-state index in [1.54, 1.807) is 24.3 Å². The van der Waals surface area contributed by atoms with Crippen molar-refractivity contribution < 1.29 is 29.0 Å². The summed E-state index contributed by atoms with van der Waals surface area (Å²) in [7, 11) is 0. The Labute approximate surface area is 155 Å². The van der Waals surface area contributed by atoms with Crippen LogP contribution in [0.4, 0.5) is 0 Å². The predicted octanol–water partition coefficient (Wildman–Crippen LogP) is 2.16. The molecule has 0 saturated carbocycles. The van der Waals surface area contributed by atoms with E-state index < -0.39 is 22.8 Å². The monoisotopic (exact) mass is 384 g/mol. The fourth-order valence-electron chi connectivity index (χ4n) is 2.15. The van der Waals surface area contributed by atoms with Gasteiger partial charge in [-0.15, -0.1) is 22.5 Å². The fraction of sp³-hybridized carbons (Fsp3) is 0.250. The van der Waals surface area contributed by atoms with Crippen LogP contribution in [-0.2, 0) is 14.4 Å². The number of hydrogen-bond acceptors (Lipinski definition) is 8. The number of rotatable bonds is 6. The first-order chi connectivity index (χ1) is 11.8. The van der Waals surface area contributed by atoms with Gasteiger partial charge in [-0.2, -0.15) is 0 Å². The summed E-state index contributed by atoms with van der Waals surface area (Å²) < 4.78 is 10.5. The van der Waals surface area contributed by atoms with Crippen molar-refractivity contribution in [3.05, 3.63) is 63.9 Å². The van der Waals surface area contributed by atoms with E-state index in [2.05, 4.69) is 10.2 Å². The van der Waals surface area contributed by atoms with E-state index >= 15 is 0 Å². The van der Waals surface area contributed by atoms with Crippen molar-refractivity contribution in [3.63, 3.8) is 0 Å². The maximum absolute atomic E-state index is 12.5. The summed E-state index contributed by atoms with van der Waals surface area (Å²) in [5.41, 5.74) is -0.972. The summed E-state index contributed by atoms with van der Waals surface area (Å²) in [6.45, 7) is 2.37. The van der Waals surface area contributed by atoms with Crippen molar-refractivity contribution in [1.82, 2.24) is 5.32 Å². The normalized spacial score (nSPS) is 17.8. The fourth-order valence-corrected chi connectivity index (χ4v) is 2.15. The molecule has 1 unspecified atom stereocenters. The number of esters is 2. The minimum absolute atomic E-state index is 0. The van der Waals surface area contributed by atoms with Gasteiger partial charge in [0.05, 0.1) is 0 Å². The van der Waals surface area contributed by atoms with Gasteiger partial charge in [-0.05, 0) is 25.1 Å². The number of nitrogens with one attached hydrogen (secondary N) is 1. The van der Waals surface area contributed by atoms with Crippen LogP contribution in [0.2, 0.25) is 0 Å². The zero-order chi connectivity index (χ0) is 18.4. The van der Waals surface area contributed by atoms with Crippen LogP contribution in [0.25, 0.3) is 0 Å². The number of hydrogen-bond donors (Lipinski definition) is 1. The highest BCUT2D eigenvalue weighted by Gasteiger charge is 2.35. The molecule has 1 aromatic carbocycles. The van der Waals surface area contributed by atoms with E-state index in [0.717, 1.165) is 0 Å². The molecule has 1 aromatic rings. The lowest BCUT2D eigenvalue weighted by Gasteiger charge is -2.33. The van der Waals surface area contributed by atoms with E-state index in [1.165, 1.54) is 32.2 Å². The molecule has 0 aromatic heterocycles. The molecule has 0 amide bonds. The van der Waals surface area contributed by atoms with Crippen LogP contribution in [0.5, 0.6) is 5.75 Å². The Bertz CT molecular complexity index is 763. The van der Waals surface area contributed by atoms with E-state index in [0.29, 0.717) is 5.57 Å². The molecule has 1 atom stereocenters. The number of benzene rings is 1. The lowest BCUT2D eigenvalue weighted by Crippen LogP contribution is -2.48. The molecule has 9 nitrogen and oxygen atoms in total. The molecule has 0 fully saturated rings. The number of carbonyl (C=O) groups is 2. The van der Waals surface area contributed by atoms with E-state index in [4.69, 9.17) is 9.47 Å². The van der Waals surface area contributed by atoms with Crippen molar-refractivity contribution >= 4 is 24.3 Å². The minimum atomic E-state index is -1.36. The van der Waals surface area contributed by atoms with Gasteiger partial charge in [0.2, 0.25) is 5.72 Å². The summed E-state index contributed by atoms with van der Waals surface area (Å²) in [4.78, 5) is 38.4. The van der Waals surface area contributed by atoms with Gasteiger partial charge in [-0.3, -0.25) is 4.79 Å². The second-order valence-corrected chi connectivity index (χ2v) is 5.20. The first kappa shape index (κ1) is 21.0. The van der Waals surface area contributed by atoms with Crippen LogP contribution in [0.3, 0.4) is 0 Å². The number of nitrogens with zero attached hydrogens (tertiary/aromatic N) is 1. The second kappa shape index (κ2) is 8.86. The molecule has 1 aliphatic rings. The first-order valence-corrected chi connectivity index (χ1v) is 7.24. The van der Waals surface area contributed by atoms with Gasteiger partial charge in [-0.1, -0.05) is 18.2 Å². The van der Waals surface area contributed by atoms with Gasteiger partial charge >= 0.3 is 11.9 Å². The van der Waals surface area contributed by atoms with Crippen molar-refractivity contribution in [2.45, 2.75) is 19.6 Å². The summed E-state index contributed by atoms with van der Waals surface area (Å²) in [6.07, 6.45) is 4.67. The zero-order valence-electron chi connectivity index (χ0n) is 14.0. The number of halogens is 1. The van der Waals surface area contributed by atoms with Crippen LogP contribution in [0.1, 0.15) is 24.2 Å². The Morgan fingerprint density at radius 3 is 2.65 bits per heavy atom. The van der Waals surface area contributed by atoms with E-state index in [9.17, 15) is 19.7 Å². The van der Waals surface area contributed by atoms with E-state index in [-0.39, 0.29) is 30.3 Å². The summed E-state index contributed by atoms with van der Waals surface area (Å²) in [6, 6.07) is 6.10. The third-order valence-electron chi connectivity index (χ3n) is 3.35. The Morgan fingerprint density at radius 2 is 2.00 bits per heavy atom. The Morgan fingerprint density at radius 1 is 1.31 bits per heavy atom. The lowest BCUT2D eigenvalue weighted by molar-refractivity contribution is -0.755. The quantitative estimate of drug-likeness (QED) is 0.343. The molecule has 0 spiro atoms. The SMILES string of the molecule is CC(=O)Oc1ccccc1C(=O)OC1(C)NC=CC=C1CO[N+](=O)[O-].Cl. The van der Waals surface area contributed by atoms with Gasteiger partial charge in [0, 0.05) is 18.7 Å². The van der Waals surface area contributed by atoms with Crippen molar-refractivity contribution in [1.29, 1.82) is 0 Å². The van der Waals surface area contributed by atoms with Gasteiger partial charge in [-0.25, -0.2) is 4.79 Å². The Hall–Kier alpha value is -3.07. The molecule has 1 N–H and O–H groups in total. The smallest absolute Gasteiger partial charge is 0.344 e. The van der Waals surface area contributed by atoms with Crippen molar-refractivity contribution in [3.8, 4) is 5.75 Å². The molecule has 10 heteroatoms. The second-order valence-electron chi connectivity index (χ2n) is 5.20. The van der Waals surface area contributed by atoms with Crippen LogP contribution in [0, 0.1) is 10.1 Å². The number of para-hydroxylation sites is 1. The third kappa shape index (κ3) is 5.21. The number of allylic oxidation sites excluding steroid dienone is 2. The highest BCUT2D eigenvalue weighted by molar-refractivity contribution is 5.93. The minimum Gasteiger partial charge on any atom is -0.432 e. The van der Waals surface area contributed by atoms with Gasteiger partial charge in [0.25, 0.3) is 5.09 Å². The molecule has 0 radical (unpaired) electrons. The van der Waals surface area contributed by atoms with Crippen LogP contribution < -0.4 is 10.1 Å². The van der Waals surface area contributed by atoms with Gasteiger partial charge in [0.15, 0.2) is 0 Å². The highest BCUT2D eigenvalue weighted by Crippen LogP contribution is 2.26. The van der Waals surface area contributed by atoms with Crippen molar-refractivity contribution in [2.24, 2.45) is 0 Å². The third-order valence-corrected chi connectivity index (χ3v) is 3.35. The average molecular weight is 385 g/mol. The number of carbonyl (C=O) groups excluding carboxylic acids is 2. The topological polar surface area (TPSA) is 117 Å². The maximum atomic E-state index is 12.5. The summed E-state index contributed by atoms with van der Waals surface area (Å²) in [5.74, 6) is -1.29. The Balaban J connectivity index is 0.00000338. The molecular weight excluding hydrogens is 368 g/mol. The van der Waals surface area contributed by atoms with Gasteiger partial charge < -0.3 is 19.6 Å². The Kier molecular flexibility index (Phi) is 7.15. The van der Waals surface area contributed by atoms with Crippen LogP contribution in [-0.4, -0.2) is 29.4 Å². The molecular formula is C16H17ClN2O7. The molecule has 0 saturated heterocycles. The standard InChI is InChI=1S/C16H16N2O7.ClH/c1-11(19)24-14-8-4-3-7-13(14)15(20)25-16(2)12(6-5-9-17-16)10-23-18(21)22;/h3-9,17H,10H2,1-2H3;1H. The largest absolute Gasteiger partial charge is 0.432 e. The summed E-state index contributed by atoms with van der Waals surface area (Å²) in [5, 5.41) is 12.3. The van der Waals surface area contributed by atoms with Crippen LogP contribution >= 0.6 is 12.4 Å². The summed E-state index contributed by atoms with van der Waals surface area (Å²) >= 11 is 0. The highest BCUT2D eigenvalue weighted by atomic mass is 35.5. The predicted molar refractivity (Wildman–Crippen MR) is 92.1 cm³/mol. The lowest BCUT2D eigenvalue weighted by atomic mass is 10.0. The molecule has 140 valence electrons. The van der Waals surface area contributed by atoms with Crippen LogP contribution in [0.15, 0.2) is 48.2 Å². The molecule has 0 bridgehead atoms. The maximum Gasteiger partial charge on any atom is 0.344 e. The molecule has 1 aliphatic heterocycles. The molecule has 26 heavy (non-hydrogen) atoms. The van der Waals surface area contributed by atoms with Crippen molar-refractivity contribution in [2.75, 3.05) is 6.61 Å². The van der Waals surface area contributed by atoms with E-state index in [1.807, 2.05) is 0 Å². The molecule has 2 rings (SSSR count). The number of dihydropyridines is 1. The molecule has 0 aliphatic carbocycles.